The van der Waals surface area contributed by atoms with Gasteiger partial charge in [0.2, 0.25) is 0 Å². The minimum atomic E-state index is -0.408. The average Bonchev–Trinajstić information content (AvgIpc) is 2.27. The molecule has 0 atom stereocenters. The lowest BCUT2D eigenvalue weighted by Crippen LogP contribution is -2.52. The second-order valence-corrected chi connectivity index (χ2v) is 4.91. The molecule has 0 saturated carbocycles. The summed E-state index contributed by atoms with van der Waals surface area (Å²) in [6.07, 6.45) is 0. The van der Waals surface area contributed by atoms with Crippen LogP contribution in [0.25, 0.3) is 0 Å². The molecule has 1 fully saturated rings. The van der Waals surface area contributed by atoms with Crippen LogP contribution >= 0.6 is 11.6 Å². The first kappa shape index (κ1) is 12.8. The number of rotatable bonds is 5. The summed E-state index contributed by atoms with van der Waals surface area (Å²) in [5.74, 6) is -0.408. The van der Waals surface area contributed by atoms with Crippen LogP contribution in [0.2, 0.25) is 5.02 Å². The minimum absolute atomic E-state index is 0.106. The largest absolute Gasteiger partial charge is 0.396 e. The second-order valence-electron chi connectivity index (χ2n) is 4.50. The fourth-order valence-corrected chi connectivity index (χ4v) is 1.88. The zero-order valence-electron chi connectivity index (χ0n) is 9.38. The predicted octanol–water partition coefficient (Wildman–Crippen LogP) is 1.58. The lowest BCUT2D eigenvalue weighted by Gasteiger charge is -2.40. The maximum absolute atomic E-state index is 13.2. The monoisotopic (exact) mass is 259 g/mol. The van der Waals surface area contributed by atoms with Crippen molar-refractivity contribution >= 4 is 11.6 Å². The summed E-state index contributed by atoms with van der Waals surface area (Å²) in [4.78, 5) is 0. The van der Waals surface area contributed by atoms with E-state index in [2.05, 4.69) is 5.32 Å². The third-order valence-corrected chi connectivity index (χ3v) is 3.27. The van der Waals surface area contributed by atoms with Gasteiger partial charge in [-0.25, -0.2) is 4.39 Å². The van der Waals surface area contributed by atoms with Crippen LogP contribution in [0.1, 0.15) is 5.56 Å². The van der Waals surface area contributed by atoms with Crippen molar-refractivity contribution in [1.82, 2.24) is 5.32 Å². The molecular formula is C12H15ClFNO2. The highest BCUT2D eigenvalue weighted by Crippen LogP contribution is 2.25. The minimum Gasteiger partial charge on any atom is -0.396 e. The first-order valence-electron chi connectivity index (χ1n) is 5.48. The molecule has 0 aromatic heterocycles. The van der Waals surface area contributed by atoms with Gasteiger partial charge in [-0.2, -0.15) is 0 Å². The van der Waals surface area contributed by atoms with Crippen LogP contribution in [0.15, 0.2) is 18.2 Å². The van der Waals surface area contributed by atoms with Crippen molar-refractivity contribution in [3.05, 3.63) is 34.6 Å². The highest BCUT2D eigenvalue weighted by molar-refractivity contribution is 6.30. The van der Waals surface area contributed by atoms with Gasteiger partial charge in [-0.1, -0.05) is 17.7 Å². The number of halogens is 2. The lowest BCUT2D eigenvalue weighted by atomic mass is 9.87. The fourth-order valence-electron chi connectivity index (χ4n) is 1.76. The number of hydrogen-bond acceptors (Lipinski definition) is 3. The molecule has 2 N–H and O–H groups in total. The van der Waals surface area contributed by atoms with Crippen LogP contribution in [0.3, 0.4) is 0 Å². The van der Waals surface area contributed by atoms with Gasteiger partial charge in [0.05, 0.1) is 30.3 Å². The number of aliphatic hydroxyl groups excluding tert-OH is 1. The van der Waals surface area contributed by atoms with Gasteiger partial charge in [0.1, 0.15) is 5.82 Å². The van der Waals surface area contributed by atoms with Crippen LogP contribution in [-0.2, 0) is 11.3 Å². The Kier molecular flexibility index (Phi) is 3.99. The van der Waals surface area contributed by atoms with Gasteiger partial charge in [-0.05, 0) is 17.7 Å². The molecule has 0 spiro atoms. The van der Waals surface area contributed by atoms with Gasteiger partial charge < -0.3 is 15.2 Å². The average molecular weight is 260 g/mol. The van der Waals surface area contributed by atoms with Crippen LogP contribution < -0.4 is 5.32 Å². The maximum Gasteiger partial charge on any atom is 0.142 e. The Labute approximate surface area is 105 Å². The van der Waals surface area contributed by atoms with E-state index in [0.29, 0.717) is 26.3 Å². The molecule has 1 aromatic carbocycles. The van der Waals surface area contributed by atoms with E-state index in [9.17, 15) is 9.50 Å². The Hall–Kier alpha value is -0.680. The Morgan fingerprint density at radius 2 is 2.24 bits per heavy atom. The number of benzene rings is 1. The van der Waals surface area contributed by atoms with Gasteiger partial charge >= 0.3 is 0 Å². The first-order valence-corrected chi connectivity index (χ1v) is 5.86. The van der Waals surface area contributed by atoms with Gasteiger partial charge in [0.25, 0.3) is 0 Å². The smallest absolute Gasteiger partial charge is 0.142 e. The standard InChI is InChI=1S/C12H15ClFNO2/c13-10-2-1-9(3-11(10)14)4-15-5-12(6-16)7-17-8-12/h1-3,15-16H,4-8H2. The summed E-state index contributed by atoms with van der Waals surface area (Å²) in [5, 5.41) is 12.5. The van der Waals surface area contributed by atoms with Crippen LogP contribution in [-0.4, -0.2) is 31.5 Å². The summed E-state index contributed by atoms with van der Waals surface area (Å²) in [6.45, 7) is 2.47. The van der Waals surface area contributed by atoms with E-state index in [1.54, 1.807) is 12.1 Å². The zero-order chi connectivity index (χ0) is 12.3. The SMILES string of the molecule is OCC1(CNCc2ccc(Cl)c(F)c2)COC1. The van der Waals surface area contributed by atoms with E-state index in [1.165, 1.54) is 6.07 Å². The molecule has 2 rings (SSSR count). The van der Waals surface area contributed by atoms with Crippen molar-refractivity contribution in [2.24, 2.45) is 5.41 Å². The van der Waals surface area contributed by atoms with Gasteiger partial charge in [-0.15, -0.1) is 0 Å². The molecule has 1 heterocycles. The topological polar surface area (TPSA) is 41.5 Å². The molecule has 0 radical (unpaired) electrons. The number of ether oxygens (including phenoxy) is 1. The summed E-state index contributed by atoms with van der Waals surface area (Å²) < 4.78 is 18.3. The van der Waals surface area contributed by atoms with Crippen LogP contribution in [0, 0.1) is 11.2 Å². The predicted molar refractivity (Wildman–Crippen MR) is 63.5 cm³/mol. The zero-order valence-corrected chi connectivity index (χ0v) is 10.1. The fraction of sp³-hybridized carbons (Fsp3) is 0.500. The van der Waals surface area contributed by atoms with Crippen LogP contribution in [0.4, 0.5) is 4.39 Å². The maximum atomic E-state index is 13.2. The molecule has 5 heteroatoms. The molecule has 0 aliphatic carbocycles. The third-order valence-electron chi connectivity index (χ3n) is 2.97. The Morgan fingerprint density at radius 3 is 2.76 bits per heavy atom. The van der Waals surface area contributed by atoms with Gasteiger partial charge in [0, 0.05) is 13.1 Å². The van der Waals surface area contributed by atoms with Crippen LogP contribution in [0.5, 0.6) is 0 Å². The Morgan fingerprint density at radius 1 is 1.47 bits per heavy atom. The van der Waals surface area contributed by atoms with E-state index in [0.717, 1.165) is 5.56 Å². The molecule has 1 aliphatic heterocycles. The number of nitrogens with one attached hydrogen (secondary N) is 1. The molecule has 1 aliphatic rings. The van der Waals surface area contributed by atoms with Crippen molar-refractivity contribution in [1.29, 1.82) is 0 Å². The molecule has 17 heavy (non-hydrogen) atoms. The highest BCUT2D eigenvalue weighted by Gasteiger charge is 2.37. The normalized spacial score (nSPS) is 17.8. The Balaban J connectivity index is 1.83. The molecular weight excluding hydrogens is 245 g/mol. The van der Waals surface area contributed by atoms with E-state index in [1.807, 2.05) is 0 Å². The van der Waals surface area contributed by atoms with Crippen molar-refractivity contribution in [2.75, 3.05) is 26.4 Å². The van der Waals surface area contributed by atoms with Gasteiger partial charge in [-0.3, -0.25) is 0 Å². The summed E-state index contributed by atoms with van der Waals surface area (Å²) >= 11 is 5.60. The molecule has 0 unspecified atom stereocenters. The van der Waals surface area contributed by atoms with Crippen molar-refractivity contribution in [3.63, 3.8) is 0 Å². The Bertz CT molecular complexity index is 391. The summed E-state index contributed by atoms with van der Waals surface area (Å²) in [5.41, 5.74) is 0.672. The third kappa shape index (κ3) is 2.96. The molecule has 0 bridgehead atoms. The van der Waals surface area contributed by atoms with E-state index < -0.39 is 5.82 Å². The molecule has 1 aromatic rings. The molecule has 0 amide bonds. The number of hydrogen-bond donors (Lipinski definition) is 2. The van der Waals surface area contributed by atoms with Crippen molar-refractivity contribution < 1.29 is 14.2 Å². The van der Waals surface area contributed by atoms with Crippen molar-refractivity contribution in [2.45, 2.75) is 6.54 Å². The van der Waals surface area contributed by atoms with Crippen molar-refractivity contribution in [3.8, 4) is 0 Å². The van der Waals surface area contributed by atoms with E-state index in [4.69, 9.17) is 16.3 Å². The van der Waals surface area contributed by atoms with E-state index in [-0.39, 0.29) is 17.0 Å². The first-order chi connectivity index (χ1) is 8.15. The van der Waals surface area contributed by atoms with Gasteiger partial charge in [0.15, 0.2) is 0 Å². The quantitative estimate of drug-likeness (QED) is 0.844. The van der Waals surface area contributed by atoms with E-state index >= 15 is 0 Å². The molecule has 94 valence electrons. The second kappa shape index (κ2) is 5.31. The summed E-state index contributed by atoms with van der Waals surface area (Å²) in [7, 11) is 0. The number of aliphatic hydroxyl groups is 1. The highest BCUT2D eigenvalue weighted by atomic mass is 35.5. The molecule has 1 saturated heterocycles. The lowest BCUT2D eigenvalue weighted by molar-refractivity contribution is -0.134. The summed E-state index contributed by atoms with van der Waals surface area (Å²) in [6, 6.07) is 4.74. The molecule has 3 nitrogen and oxygen atoms in total.